The summed E-state index contributed by atoms with van der Waals surface area (Å²) in [6, 6.07) is 4.76. The first-order chi connectivity index (χ1) is 9.51. The molecule has 1 aromatic rings. The molecule has 2 nitrogen and oxygen atoms in total. The number of carboxylic acid groups (broad SMARTS) is 1. The van der Waals surface area contributed by atoms with Crippen molar-refractivity contribution in [2.45, 2.75) is 39.0 Å². The number of aliphatic carboxylic acids is 1. The number of rotatable bonds is 4. The van der Waals surface area contributed by atoms with Crippen LogP contribution < -0.4 is 0 Å². The predicted octanol–water partition coefficient (Wildman–Crippen LogP) is 4.55. The molecule has 1 fully saturated rings. The first-order valence-electron chi connectivity index (χ1n) is 7.18. The van der Waals surface area contributed by atoms with Crippen LogP contribution in [0, 0.1) is 23.6 Å². The highest BCUT2D eigenvalue weighted by Gasteiger charge is 2.34. The molecule has 0 saturated heterocycles. The summed E-state index contributed by atoms with van der Waals surface area (Å²) in [7, 11) is 0. The van der Waals surface area contributed by atoms with Gasteiger partial charge in [0.1, 0.15) is 5.82 Å². The third-order valence-electron chi connectivity index (χ3n) is 4.47. The molecule has 0 aliphatic heterocycles. The fraction of sp³-hybridized carbons (Fsp3) is 0.562. The van der Waals surface area contributed by atoms with Crippen molar-refractivity contribution >= 4 is 17.6 Å². The van der Waals surface area contributed by atoms with Gasteiger partial charge < -0.3 is 5.11 Å². The molecule has 3 unspecified atom stereocenters. The molecule has 0 heterocycles. The Kier molecular flexibility index (Phi) is 5.03. The highest BCUT2D eigenvalue weighted by Crippen LogP contribution is 2.37. The van der Waals surface area contributed by atoms with Crippen LogP contribution in [0.2, 0.25) is 5.02 Å². The highest BCUT2D eigenvalue weighted by atomic mass is 35.5. The first-order valence-corrected chi connectivity index (χ1v) is 7.55. The van der Waals surface area contributed by atoms with Gasteiger partial charge in [0.15, 0.2) is 0 Å². The second kappa shape index (κ2) is 6.57. The molecule has 0 amide bonds. The monoisotopic (exact) mass is 298 g/mol. The minimum Gasteiger partial charge on any atom is -0.481 e. The third-order valence-corrected chi connectivity index (χ3v) is 4.77. The Morgan fingerprint density at radius 2 is 2.20 bits per heavy atom. The number of hydrogen-bond donors (Lipinski definition) is 1. The Balaban J connectivity index is 2.13. The van der Waals surface area contributed by atoms with E-state index in [-0.39, 0.29) is 16.9 Å². The van der Waals surface area contributed by atoms with E-state index in [4.69, 9.17) is 11.6 Å². The van der Waals surface area contributed by atoms with E-state index in [0.717, 1.165) is 31.2 Å². The van der Waals surface area contributed by atoms with Crippen molar-refractivity contribution in [3.8, 4) is 0 Å². The second-order valence-corrected chi connectivity index (χ2v) is 6.15. The minimum absolute atomic E-state index is 0.0896. The smallest absolute Gasteiger partial charge is 0.306 e. The molecule has 0 aromatic heterocycles. The zero-order valence-electron chi connectivity index (χ0n) is 11.6. The Bertz CT molecular complexity index is 489. The van der Waals surface area contributed by atoms with Crippen molar-refractivity contribution in [2.24, 2.45) is 17.8 Å². The predicted molar refractivity (Wildman–Crippen MR) is 77.4 cm³/mol. The number of carbonyl (C=O) groups is 1. The normalized spacial score (nSPS) is 26.4. The summed E-state index contributed by atoms with van der Waals surface area (Å²) in [5, 5.41) is 9.46. The van der Waals surface area contributed by atoms with E-state index in [1.54, 1.807) is 12.1 Å². The maximum absolute atomic E-state index is 13.5. The van der Waals surface area contributed by atoms with Gasteiger partial charge in [0, 0.05) is 0 Å². The van der Waals surface area contributed by atoms with E-state index in [1.807, 2.05) is 0 Å². The van der Waals surface area contributed by atoms with Crippen LogP contribution >= 0.6 is 11.6 Å². The van der Waals surface area contributed by atoms with Gasteiger partial charge in [0.25, 0.3) is 0 Å². The summed E-state index contributed by atoms with van der Waals surface area (Å²) in [6.07, 6.45) is 4.32. The summed E-state index contributed by atoms with van der Waals surface area (Å²) in [4.78, 5) is 11.4. The number of halogens is 2. The van der Waals surface area contributed by atoms with E-state index in [0.29, 0.717) is 12.3 Å². The van der Waals surface area contributed by atoms with Crippen LogP contribution in [0.15, 0.2) is 18.2 Å². The molecule has 1 aromatic carbocycles. The average Bonchev–Trinajstić information content (AvgIpc) is 2.42. The van der Waals surface area contributed by atoms with Gasteiger partial charge in [-0.2, -0.15) is 0 Å². The van der Waals surface area contributed by atoms with Crippen LogP contribution in [0.25, 0.3) is 0 Å². The van der Waals surface area contributed by atoms with E-state index in [2.05, 4.69) is 6.92 Å². The zero-order chi connectivity index (χ0) is 14.7. The van der Waals surface area contributed by atoms with E-state index < -0.39 is 11.8 Å². The van der Waals surface area contributed by atoms with E-state index in [9.17, 15) is 14.3 Å². The van der Waals surface area contributed by atoms with Gasteiger partial charge in [-0.25, -0.2) is 4.39 Å². The Morgan fingerprint density at radius 1 is 1.45 bits per heavy atom. The molecule has 0 radical (unpaired) electrons. The molecular weight excluding hydrogens is 279 g/mol. The van der Waals surface area contributed by atoms with Crippen LogP contribution in [0.3, 0.4) is 0 Å². The van der Waals surface area contributed by atoms with Crippen molar-refractivity contribution in [1.29, 1.82) is 0 Å². The molecule has 0 bridgehead atoms. The lowest BCUT2D eigenvalue weighted by molar-refractivity contribution is -0.145. The molecule has 2 rings (SSSR count). The van der Waals surface area contributed by atoms with E-state index >= 15 is 0 Å². The maximum Gasteiger partial charge on any atom is 0.306 e. The van der Waals surface area contributed by atoms with Gasteiger partial charge >= 0.3 is 5.97 Å². The molecule has 110 valence electrons. The summed E-state index contributed by atoms with van der Waals surface area (Å²) in [5.74, 6) is -0.783. The molecule has 20 heavy (non-hydrogen) atoms. The van der Waals surface area contributed by atoms with Crippen molar-refractivity contribution in [2.75, 3.05) is 0 Å². The van der Waals surface area contributed by atoms with Gasteiger partial charge in [-0.3, -0.25) is 4.79 Å². The summed E-state index contributed by atoms with van der Waals surface area (Å²) >= 11 is 5.68. The van der Waals surface area contributed by atoms with Gasteiger partial charge in [-0.1, -0.05) is 31.0 Å². The first kappa shape index (κ1) is 15.3. The van der Waals surface area contributed by atoms with Gasteiger partial charge in [0.05, 0.1) is 10.9 Å². The van der Waals surface area contributed by atoms with Crippen LogP contribution in [0.5, 0.6) is 0 Å². The Labute approximate surface area is 123 Å². The molecule has 1 aliphatic rings. The van der Waals surface area contributed by atoms with Crippen LogP contribution in [0.1, 0.15) is 38.2 Å². The van der Waals surface area contributed by atoms with Crippen molar-refractivity contribution < 1.29 is 14.3 Å². The Hall–Kier alpha value is -1.09. The van der Waals surface area contributed by atoms with Crippen molar-refractivity contribution in [3.63, 3.8) is 0 Å². The van der Waals surface area contributed by atoms with Gasteiger partial charge in [-0.05, 0) is 55.2 Å². The van der Waals surface area contributed by atoms with E-state index in [1.165, 1.54) is 6.07 Å². The second-order valence-electron chi connectivity index (χ2n) is 5.74. The molecule has 1 aliphatic carbocycles. The number of hydrogen-bond acceptors (Lipinski definition) is 1. The lowest BCUT2D eigenvalue weighted by Gasteiger charge is -2.33. The lowest BCUT2D eigenvalue weighted by atomic mass is 9.71. The van der Waals surface area contributed by atoms with Crippen LogP contribution in [0.4, 0.5) is 4.39 Å². The number of benzene rings is 1. The molecule has 1 N–H and O–H groups in total. The van der Waals surface area contributed by atoms with Crippen molar-refractivity contribution in [3.05, 3.63) is 34.6 Å². The molecule has 3 atom stereocenters. The minimum atomic E-state index is -0.723. The van der Waals surface area contributed by atoms with Gasteiger partial charge in [0.2, 0.25) is 0 Å². The molecular formula is C16H20ClFO2. The molecule has 1 saturated carbocycles. The lowest BCUT2D eigenvalue weighted by Crippen LogP contribution is -2.31. The van der Waals surface area contributed by atoms with Crippen molar-refractivity contribution in [1.82, 2.24) is 0 Å². The zero-order valence-corrected chi connectivity index (χ0v) is 12.4. The molecule has 0 spiro atoms. The average molecular weight is 299 g/mol. The van der Waals surface area contributed by atoms with Crippen LogP contribution in [-0.4, -0.2) is 11.1 Å². The highest BCUT2D eigenvalue weighted by molar-refractivity contribution is 6.30. The molecule has 4 heteroatoms. The fourth-order valence-corrected chi connectivity index (χ4v) is 3.37. The standard InChI is InChI=1S/C16H20ClFO2/c1-2-10-3-5-13(16(19)20)12(7-10)8-11-4-6-14(17)15(18)9-11/h4,6,9-10,12-13H,2-3,5,7-8H2,1H3,(H,19,20). The topological polar surface area (TPSA) is 37.3 Å². The fourth-order valence-electron chi connectivity index (χ4n) is 3.25. The third kappa shape index (κ3) is 3.51. The summed E-state index contributed by atoms with van der Waals surface area (Å²) in [5.41, 5.74) is 0.833. The maximum atomic E-state index is 13.5. The van der Waals surface area contributed by atoms with Crippen LogP contribution in [-0.2, 0) is 11.2 Å². The summed E-state index contributed by atoms with van der Waals surface area (Å²) < 4.78 is 13.5. The summed E-state index contributed by atoms with van der Waals surface area (Å²) in [6.45, 7) is 2.14. The quantitative estimate of drug-likeness (QED) is 0.885. The number of carboxylic acids is 1. The van der Waals surface area contributed by atoms with Gasteiger partial charge in [-0.15, -0.1) is 0 Å². The Morgan fingerprint density at radius 3 is 2.80 bits per heavy atom. The SMILES string of the molecule is CCC1CCC(C(=O)O)C(Cc2ccc(Cl)c(F)c2)C1. The largest absolute Gasteiger partial charge is 0.481 e.